The Bertz CT molecular complexity index is 679. The van der Waals surface area contributed by atoms with Gasteiger partial charge in [-0.2, -0.15) is 0 Å². The molecule has 23 heavy (non-hydrogen) atoms. The van der Waals surface area contributed by atoms with Crippen molar-refractivity contribution in [2.24, 2.45) is 0 Å². The quantitative estimate of drug-likeness (QED) is 0.861. The Kier molecular flexibility index (Phi) is 4.27. The van der Waals surface area contributed by atoms with Crippen molar-refractivity contribution in [1.82, 2.24) is 14.8 Å². The zero-order valence-corrected chi connectivity index (χ0v) is 14.1. The average molecular weight is 313 g/mol. The van der Waals surface area contributed by atoms with Gasteiger partial charge in [-0.25, -0.2) is 0 Å². The first kappa shape index (κ1) is 15.0. The van der Waals surface area contributed by atoms with Gasteiger partial charge in [0.05, 0.1) is 6.61 Å². The van der Waals surface area contributed by atoms with Gasteiger partial charge in [-0.3, -0.25) is 0 Å². The minimum atomic E-state index is 0.757. The molecule has 0 spiro atoms. The minimum absolute atomic E-state index is 0.757. The highest BCUT2D eigenvalue weighted by Gasteiger charge is 2.19. The Morgan fingerprint density at radius 3 is 3.09 bits per heavy atom. The lowest BCUT2D eigenvalue weighted by Gasteiger charge is -2.20. The van der Waals surface area contributed by atoms with Crippen LogP contribution in [0.5, 0.6) is 5.75 Å². The molecule has 3 heterocycles. The summed E-state index contributed by atoms with van der Waals surface area (Å²) in [6.07, 6.45) is 3.82. The number of fused-ring (bicyclic) bond motifs is 3. The summed E-state index contributed by atoms with van der Waals surface area (Å²) < 4.78 is 8.41. The van der Waals surface area contributed by atoms with Crippen molar-refractivity contribution < 1.29 is 4.74 Å². The number of nitrogens with zero attached hydrogens (tertiary/aromatic N) is 2. The molecule has 1 fully saturated rings. The van der Waals surface area contributed by atoms with Crippen LogP contribution in [0, 0.1) is 0 Å². The molecular formula is C19H27N3O. The molecular weight excluding hydrogens is 286 g/mol. The summed E-state index contributed by atoms with van der Waals surface area (Å²) in [4.78, 5) is 2.58. The molecule has 4 nitrogen and oxygen atoms in total. The Balaban J connectivity index is 1.36. The molecule has 1 aromatic carbocycles. The van der Waals surface area contributed by atoms with Crippen molar-refractivity contribution in [3.63, 3.8) is 0 Å². The van der Waals surface area contributed by atoms with E-state index in [0.717, 1.165) is 51.0 Å². The predicted molar refractivity (Wildman–Crippen MR) is 94.0 cm³/mol. The van der Waals surface area contributed by atoms with Gasteiger partial charge in [-0.1, -0.05) is 0 Å². The molecule has 124 valence electrons. The summed E-state index contributed by atoms with van der Waals surface area (Å²) in [5, 5.41) is 4.73. The monoisotopic (exact) mass is 313 g/mol. The molecule has 2 aliphatic rings. The number of ether oxygens (including phenoxy) is 1. The van der Waals surface area contributed by atoms with E-state index in [1.165, 1.54) is 36.0 Å². The van der Waals surface area contributed by atoms with E-state index in [1.807, 2.05) is 0 Å². The van der Waals surface area contributed by atoms with Gasteiger partial charge in [-0.05, 0) is 57.0 Å². The third kappa shape index (κ3) is 3.10. The molecule has 0 amide bonds. The van der Waals surface area contributed by atoms with Crippen LogP contribution < -0.4 is 10.1 Å². The van der Waals surface area contributed by atoms with Gasteiger partial charge < -0.3 is 19.5 Å². The maximum Gasteiger partial charge on any atom is 0.120 e. The van der Waals surface area contributed by atoms with E-state index in [9.17, 15) is 0 Å². The molecule has 2 aliphatic heterocycles. The summed E-state index contributed by atoms with van der Waals surface area (Å²) >= 11 is 0. The summed E-state index contributed by atoms with van der Waals surface area (Å²) in [5.41, 5.74) is 2.71. The van der Waals surface area contributed by atoms with Crippen molar-refractivity contribution in [1.29, 1.82) is 0 Å². The van der Waals surface area contributed by atoms with Crippen LogP contribution in [0.4, 0.5) is 0 Å². The highest BCUT2D eigenvalue weighted by Crippen LogP contribution is 2.26. The van der Waals surface area contributed by atoms with Crippen LogP contribution in [0.15, 0.2) is 24.3 Å². The Hall–Kier alpha value is -1.52. The lowest BCUT2D eigenvalue weighted by molar-refractivity contribution is 0.230. The van der Waals surface area contributed by atoms with Gasteiger partial charge in [0.15, 0.2) is 0 Å². The van der Waals surface area contributed by atoms with Crippen LogP contribution in [0.2, 0.25) is 0 Å². The van der Waals surface area contributed by atoms with Crippen LogP contribution in [-0.4, -0.2) is 41.8 Å². The molecule has 1 aromatic heterocycles. The molecule has 0 aliphatic carbocycles. The number of benzene rings is 1. The Labute approximate surface area is 138 Å². The maximum absolute atomic E-state index is 5.99. The van der Waals surface area contributed by atoms with Crippen molar-refractivity contribution in [3.8, 4) is 5.75 Å². The fourth-order valence-corrected chi connectivity index (χ4v) is 4.00. The first-order valence-corrected chi connectivity index (χ1v) is 9.01. The normalized spacial score (nSPS) is 21.7. The molecule has 0 unspecified atom stereocenters. The van der Waals surface area contributed by atoms with Gasteiger partial charge in [0.25, 0.3) is 0 Å². The van der Waals surface area contributed by atoms with E-state index in [1.54, 1.807) is 0 Å². The first-order chi connectivity index (χ1) is 11.3. The van der Waals surface area contributed by atoms with Gasteiger partial charge >= 0.3 is 0 Å². The number of aromatic nitrogens is 1. The average Bonchev–Trinajstić information content (AvgIpc) is 3.14. The Morgan fingerprint density at radius 1 is 1.26 bits per heavy atom. The molecule has 0 bridgehead atoms. The lowest BCUT2D eigenvalue weighted by atomic mass is 10.2. The second kappa shape index (κ2) is 6.54. The zero-order valence-electron chi connectivity index (χ0n) is 14.1. The van der Waals surface area contributed by atoms with Gasteiger partial charge in [0.2, 0.25) is 0 Å². The molecule has 1 N–H and O–H groups in total. The highest BCUT2D eigenvalue weighted by molar-refractivity contribution is 5.83. The summed E-state index contributed by atoms with van der Waals surface area (Å²) in [5.74, 6) is 1.00. The summed E-state index contributed by atoms with van der Waals surface area (Å²) in [7, 11) is 0. The van der Waals surface area contributed by atoms with Crippen molar-refractivity contribution >= 4 is 10.9 Å². The smallest absolute Gasteiger partial charge is 0.120 e. The largest absolute Gasteiger partial charge is 0.494 e. The van der Waals surface area contributed by atoms with Crippen molar-refractivity contribution in [2.45, 2.75) is 45.3 Å². The van der Waals surface area contributed by atoms with E-state index >= 15 is 0 Å². The molecule has 4 rings (SSSR count). The highest BCUT2D eigenvalue weighted by atomic mass is 16.5. The molecule has 1 saturated heterocycles. The standard InChI is InChI=1S/C19H27N3O/c1-15-4-2-8-21(15)9-3-11-23-18-5-6-19-16(13-18)12-17-14-20-7-10-22(17)19/h5-6,12-13,15,20H,2-4,7-11,14H2,1H3/t15-/m0/s1. The second-order valence-electron chi connectivity index (χ2n) is 6.91. The molecule has 0 saturated carbocycles. The maximum atomic E-state index is 5.99. The van der Waals surface area contributed by atoms with E-state index in [0.29, 0.717) is 0 Å². The van der Waals surface area contributed by atoms with Crippen LogP contribution in [-0.2, 0) is 13.1 Å². The van der Waals surface area contributed by atoms with E-state index in [2.05, 4.69) is 46.0 Å². The van der Waals surface area contributed by atoms with Crippen LogP contribution in [0.1, 0.15) is 31.9 Å². The van der Waals surface area contributed by atoms with E-state index in [-0.39, 0.29) is 0 Å². The van der Waals surface area contributed by atoms with Crippen LogP contribution in [0.3, 0.4) is 0 Å². The third-order valence-electron chi connectivity index (χ3n) is 5.33. The molecule has 1 atom stereocenters. The Morgan fingerprint density at radius 2 is 2.22 bits per heavy atom. The van der Waals surface area contributed by atoms with Crippen molar-refractivity contribution in [2.75, 3.05) is 26.2 Å². The van der Waals surface area contributed by atoms with Gasteiger partial charge in [0.1, 0.15) is 5.75 Å². The SMILES string of the molecule is C[C@H]1CCCN1CCCOc1ccc2c(c1)cc1n2CCNC1. The second-order valence-corrected chi connectivity index (χ2v) is 6.91. The fourth-order valence-electron chi connectivity index (χ4n) is 4.00. The number of hydrogen-bond acceptors (Lipinski definition) is 3. The summed E-state index contributed by atoms with van der Waals surface area (Å²) in [6.45, 7) is 8.66. The van der Waals surface area contributed by atoms with Crippen molar-refractivity contribution in [3.05, 3.63) is 30.0 Å². The van der Waals surface area contributed by atoms with Gasteiger partial charge in [0, 0.05) is 48.8 Å². The third-order valence-corrected chi connectivity index (χ3v) is 5.33. The number of nitrogens with one attached hydrogen (secondary N) is 1. The number of rotatable bonds is 5. The molecule has 2 aromatic rings. The topological polar surface area (TPSA) is 29.4 Å². The van der Waals surface area contributed by atoms with Crippen LogP contribution >= 0.6 is 0 Å². The van der Waals surface area contributed by atoms with E-state index < -0.39 is 0 Å². The number of likely N-dealkylation sites (tertiary alicyclic amines) is 1. The van der Waals surface area contributed by atoms with Gasteiger partial charge in [-0.15, -0.1) is 0 Å². The zero-order chi connectivity index (χ0) is 15.6. The summed E-state index contributed by atoms with van der Waals surface area (Å²) in [6, 6.07) is 9.57. The minimum Gasteiger partial charge on any atom is -0.494 e. The lowest BCUT2D eigenvalue weighted by Crippen LogP contribution is -2.28. The predicted octanol–water partition coefficient (Wildman–Crippen LogP) is 3.00. The first-order valence-electron chi connectivity index (χ1n) is 9.01. The fraction of sp³-hybridized carbons (Fsp3) is 0.579. The number of hydrogen-bond donors (Lipinski definition) is 1. The van der Waals surface area contributed by atoms with E-state index in [4.69, 9.17) is 4.74 Å². The molecule has 0 radical (unpaired) electrons. The van der Waals surface area contributed by atoms with Crippen LogP contribution in [0.25, 0.3) is 10.9 Å². The molecule has 4 heteroatoms.